The van der Waals surface area contributed by atoms with Crippen LogP contribution in [0.5, 0.6) is 5.75 Å². The third-order valence-corrected chi connectivity index (χ3v) is 4.72. The van der Waals surface area contributed by atoms with E-state index in [0.717, 1.165) is 4.90 Å². The van der Waals surface area contributed by atoms with Gasteiger partial charge >= 0.3 is 0 Å². The number of amides is 3. The molecule has 0 saturated carbocycles. The second-order valence-electron chi connectivity index (χ2n) is 6.37. The molecule has 3 amide bonds. The Morgan fingerprint density at radius 1 is 1.00 bits per heavy atom. The SMILES string of the molecule is CCC1Oc2ccc(N)nc2N(CCN2C(=O)c3ccccc3C2=O)C1=O. The minimum Gasteiger partial charge on any atom is -0.477 e. The fraction of sp³-hybridized carbons (Fsp3) is 0.263. The highest BCUT2D eigenvalue weighted by molar-refractivity contribution is 6.21. The van der Waals surface area contributed by atoms with Gasteiger partial charge < -0.3 is 10.5 Å². The first-order chi connectivity index (χ1) is 13.0. The number of carbonyl (C=O) groups excluding carboxylic acids is 3. The van der Waals surface area contributed by atoms with Gasteiger partial charge in [0.15, 0.2) is 17.7 Å². The minimum absolute atomic E-state index is 0.0600. The summed E-state index contributed by atoms with van der Waals surface area (Å²) in [7, 11) is 0. The Bertz CT molecular complexity index is 923. The van der Waals surface area contributed by atoms with Gasteiger partial charge in [-0.2, -0.15) is 0 Å². The van der Waals surface area contributed by atoms with Crippen LogP contribution in [0.4, 0.5) is 11.6 Å². The van der Waals surface area contributed by atoms with Crippen molar-refractivity contribution in [1.29, 1.82) is 0 Å². The monoisotopic (exact) mass is 366 g/mol. The molecule has 0 bridgehead atoms. The van der Waals surface area contributed by atoms with Crippen molar-refractivity contribution >= 4 is 29.4 Å². The molecule has 2 aromatic rings. The molecular formula is C19H18N4O4. The van der Waals surface area contributed by atoms with Gasteiger partial charge in [-0.3, -0.25) is 24.2 Å². The smallest absolute Gasteiger partial charge is 0.269 e. The molecule has 8 nitrogen and oxygen atoms in total. The molecule has 0 saturated heterocycles. The van der Waals surface area contributed by atoms with Crippen LogP contribution in [-0.2, 0) is 4.79 Å². The van der Waals surface area contributed by atoms with E-state index in [2.05, 4.69) is 4.98 Å². The molecule has 0 radical (unpaired) electrons. The van der Waals surface area contributed by atoms with Crippen molar-refractivity contribution in [3.63, 3.8) is 0 Å². The maximum atomic E-state index is 12.7. The first-order valence-electron chi connectivity index (χ1n) is 8.71. The number of carbonyl (C=O) groups is 3. The number of aromatic nitrogens is 1. The lowest BCUT2D eigenvalue weighted by molar-refractivity contribution is -0.126. The van der Waals surface area contributed by atoms with E-state index in [4.69, 9.17) is 10.5 Å². The zero-order chi connectivity index (χ0) is 19.1. The Morgan fingerprint density at radius 3 is 2.26 bits per heavy atom. The Morgan fingerprint density at radius 2 is 1.63 bits per heavy atom. The number of hydrogen-bond acceptors (Lipinski definition) is 6. The van der Waals surface area contributed by atoms with Gasteiger partial charge in [-0.1, -0.05) is 19.1 Å². The van der Waals surface area contributed by atoms with Gasteiger partial charge in [-0.25, -0.2) is 4.98 Å². The molecule has 2 aliphatic rings. The fourth-order valence-corrected chi connectivity index (χ4v) is 3.33. The van der Waals surface area contributed by atoms with Crippen LogP contribution in [0.3, 0.4) is 0 Å². The maximum Gasteiger partial charge on any atom is 0.269 e. The fourth-order valence-electron chi connectivity index (χ4n) is 3.33. The van der Waals surface area contributed by atoms with Gasteiger partial charge in [-0.15, -0.1) is 0 Å². The molecule has 27 heavy (non-hydrogen) atoms. The lowest BCUT2D eigenvalue weighted by atomic mass is 10.1. The predicted octanol–water partition coefficient (Wildman–Crippen LogP) is 1.46. The molecule has 3 heterocycles. The van der Waals surface area contributed by atoms with Crippen LogP contribution in [0, 0.1) is 0 Å². The highest BCUT2D eigenvalue weighted by Crippen LogP contribution is 2.34. The number of fused-ring (bicyclic) bond motifs is 2. The number of benzene rings is 1. The standard InChI is InChI=1S/C19H18N4O4/c1-2-13-19(26)22(16-14(27-13)7-8-15(20)21-16)9-10-23-17(24)11-5-3-4-6-12(11)18(23)25/h3-8,13H,2,9-10H2,1H3,(H2,20,21). The third-order valence-electron chi connectivity index (χ3n) is 4.72. The summed E-state index contributed by atoms with van der Waals surface area (Å²) in [4.78, 5) is 44.6. The molecule has 1 atom stereocenters. The van der Waals surface area contributed by atoms with Crippen LogP contribution in [0.2, 0.25) is 0 Å². The van der Waals surface area contributed by atoms with Gasteiger partial charge in [0.25, 0.3) is 17.7 Å². The summed E-state index contributed by atoms with van der Waals surface area (Å²) in [5.41, 5.74) is 6.51. The summed E-state index contributed by atoms with van der Waals surface area (Å²) < 4.78 is 5.69. The summed E-state index contributed by atoms with van der Waals surface area (Å²) in [6.45, 7) is 2.03. The van der Waals surface area contributed by atoms with E-state index in [1.807, 2.05) is 6.92 Å². The summed E-state index contributed by atoms with van der Waals surface area (Å²) in [6, 6.07) is 9.95. The molecule has 2 aliphatic heterocycles. The third kappa shape index (κ3) is 2.69. The lowest BCUT2D eigenvalue weighted by Gasteiger charge is -2.33. The van der Waals surface area contributed by atoms with Crippen LogP contribution >= 0.6 is 0 Å². The average Bonchev–Trinajstić information content (AvgIpc) is 2.92. The number of anilines is 2. The van der Waals surface area contributed by atoms with Crippen molar-refractivity contribution < 1.29 is 19.1 Å². The van der Waals surface area contributed by atoms with Crippen LogP contribution in [-0.4, -0.2) is 46.8 Å². The summed E-state index contributed by atoms with van der Waals surface area (Å²) >= 11 is 0. The molecule has 0 spiro atoms. The maximum absolute atomic E-state index is 12.7. The number of pyridine rings is 1. The molecule has 1 aromatic carbocycles. The molecule has 8 heteroatoms. The quantitative estimate of drug-likeness (QED) is 0.821. The van der Waals surface area contributed by atoms with Crippen LogP contribution in [0.15, 0.2) is 36.4 Å². The Kier molecular flexibility index (Phi) is 4.02. The zero-order valence-corrected chi connectivity index (χ0v) is 14.7. The van der Waals surface area contributed by atoms with E-state index in [-0.39, 0.29) is 36.6 Å². The topological polar surface area (TPSA) is 106 Å². The number of nitrogens with zero attached hydrogens (tertiary/aromatic N) is 3. The second kappa shape index (κ2) is 6.39. The number of ether oxygens (including phenoxy) is 1. The number of rotatable bonds is 4. The average molecular weight is 366 g/mol. The van der Waals surface area contributed by atoms with Gasteiger partial charge in [-0.05, 0) is 30.7 Å². The highest BCUT2D eigenvalue weighted by Gasteiger charge is 2.38. The first kappa shape index (κ1) is 17.0. The van der Waals surface area contributed by atoms with Crippen LogP contribution in [0.1, 0.15) is 34.1 Å². The molecule has 4 rings (SSSR count). The minimum atomic E-state index is -0.634. The molecule has 0 fully saturated rings. The van der Waals surface area contributed by atoms with Crippen molar-refractivity contribution in [3.05, 3.63) is 47.5 Å². The number of nitrogens with two attached hydrogens (primary N) is 1. The largest absolute Gasteiger partial charge is 0.477 e. The van der Waals surface area contributed by atoms with E-state index in [1.54, 1.807) is 36.4 Å². The van der Waals surface area contributed by atoms with E-state index >= 15 is 0 Å². The summed E-state index contributed by atoms with van der Waals surface area (Å²) in [5, 5.41) is 0. The van der Waals surface area contributed by atoms with Crippen molar-refractivity contribution in [3.8, 4) is 5.75 Å². The summed E-state index contributed by atoms with van der Waals surface area (Å²) in [6.07, 6.45) is -0.142. The van der Waals surface area contributed by atoms with Crippen molar-refractivity contribution in [2.24, 2.45) is 0 Å². The van der Waals surface area contributed by atoms with Gasteiger partial charge in [0.2, 0.25) is 0 Å². The van der Waals surface area contributed by atoms with Crippen LogP contribution in [0.25, 0.3) is 0 Å². The molecule has 1 unspecified atom stereocenters. The van der Waals surface area contributed by atoms with E-state index in [0.29, 0.717) is 29.1 Å². The zero-order valence-electron chi connectivity index (χ0n) is 14.7. The van der Waals surface area contributed by atoms with Gasteiger partial charge in [0.1, 0.15) is 5.82 Å². The molecule has 138 valence electrons. The van der Waals surface area contributed by atoms with Crippen molar-refractivity contribution in [1.82, 2.24) is 9.88 Å². The Labute approximate surface area is 155 Å². The van der Waals surface area contributed by atoms with E-state index in [9.17, 15) is 14.4 Å². The Hall–Kier alpha value is -3.42. The van der Waals surface area contributed by atoms with Gasteiger partial charge in [0.05, 0.1) is 11.1 Å². The molecular weight excluding hydrogens is 348 g/mol. The lowest BCUT2D eigenvalue weighted by Crippen LogP contribution is -2.49. The van der Waals surface area contributed by atoms with Crippen LogP contribution < -0.4 is 15.4 Å². The van der Waals surface area contributed by atoms with Crippen molar-refractivity contribution in [2.75, 3.05) is 23.7 Å². The van der Waals surface area contributed by atoms with E-state index in [1.165, 1.54) is 4.90 Å². The molecule has 0 aliphatic carbocycles. The number of hydrogen-bond donors (Lipinski definition) is 1. The summed E-state index contributed by atoms with van der Waals surface area (Å²) in [5.74, 6) is 0.0399. The predicted molar refractivity (Wildman–Crippen MR) is 97.5 cm³/mol. The second-order valence-corrected chi connectivity index (χ2v) is 6.37. The number of imide groups is 1. The molecule has 2 N–H and O–H groups in total. The first-order valence-corrected chi connectivity index (χ1v) is 8.71. The number of nitrogen functional groups attached to an aromatic ring is 1. The van der Waals surface area contributed by atoms with Crippen molar-refractivity contribution in [2.45, 2.75) is 19.4 Å². The van der Waals surface area contributed by atoms with E-state index < -0.39 is 6.10 Å². The highest BCUT2D eigenvalue weighted by atomic mass is 16.5. The Balaban J connectivity index is 1.59. The normalized spacial score (nSPS) is 18.4. The molecule has 1 aromatic heterocycles. The van der Waals surface area contributed by atoms with Gasteiger partial charge in [0, 0.05) is 13.1 Å².